The topological polar surface area (TPSA) is 83.1 Å². The largest absolute Gasteiger partial charge is 0.496 e. The van der Waals surface area contributed by atoms with Gasteiger partial charge in [-0.2, -0.15) is 0 Å². The maximum absolute atomic E-state index is 5.95. The minimum atomic E-state index is -0.201. The Labute approximate surface area is 177 Å². The summed E-state index contributed by atoms with van der Waals surface area (Å²) in [6, 6.07) is 7.60. The smallest absolute Gasteiger partial charge is 0.192 e. The molecule has 0 saturated heterocycles. The van der Waals surface area contributed by atoms with Gasteiger partial charge < -0.3 is 14.3 Å². The molecule has 0 amide bonds. The summed E-state index contributed by atoms with van der Waals surface area (Å²) in [5.41, 5.74) is 2.69. The van der Waals surface area contributed by atoms with Crippen molar-refractivity contribution in [1.29, 1.82) is 0 Å². The van der Waals surface area contributed by atoms with Crippen molar-refractivity contribution in [3.63, 3.8) is 0 Å². The highest BCUT2D eigenvalue weighted by atomic mass is 32.1. The van der Waals surface area contributed by atoms with Gasteiger partial charge in [0.25, 0.3) is 0 Å². The van der Waals surface area contributed by atoms with Gasteiger partial charge in [0.05, 0.1) is 30.9 Å². The molecule has 0 radical (unpaired) electrons. The summed E-state index contributed by atoms with van der Waals surface area (Å²) in [6.07, 6.45) is 4.14. The average Bonchev–Trinajstić information content (AvgIpc) is 3.31. The number of thiophene rings is 1. The first kappa shape index (κ1) is 19.0. The van der Waals surface area contributed by atoms with Gasteiger partial charge in [0, 0.05) is 16.9 Å². The zero-order valence-electron chi connectivity index (χ0n) is 17.0. The Morgan fingerprint density at radius 3 is 3.07 bits per heavy atom. The highest BCUT2D eigenvalue weighted by molar-refractivity contribution is 7.19. The van der Waals surface area contributed by atoms with Crippen molar-refractivity contribution < 1.29 is 14.3 Å². The lowest BCUT2D eigenvalue weighted by molar-refractivity contribution is -0.0379. The Balaban J connectivity index is 1.41. The SMILES string of the molecule is COc1ccccc1C=NOCc1nc2c3c4c(sc3ncn2n1)COC(C)(C)C4. The molecule has 0 bridgehead atoms. The van der Waals surface area contributed by atoms with Crippen molar-refractivity contribution in [2.24, 2.45) is 5.16 Å². The zero-order valence-corrected chi connectivity index (χ0v) is 17.8. The monoisotopic (exact) mass is 423 g/mol. The van der Waals surface area contributed by atoms with Crippen LogP contribution in [0.5, 0.6) is 5.75 Å². The number of rotatable bonds is 5. The van der Waals surface area contributed by atoms with E-state index < -0.39 is 0 Å². The summed E-state index contributed by atoms with van der Waals surface area (Å²) in [4.78, 5) is 16.9. The maximum atomic E-state index is 5.95. The van der Waals surface area contributed by atoms with E-state index in [0.717, 1.165) is 33.6 Å². The van der Waals surface area contributed by atoms with Crippen molar-refractivity contribution in [2.75, 3.05) is 7.11 Å². The highest BCUT2D eigenvalue weighted by Gasteiger charge is 2.30. The van der Waals surface area contributed by atoms with Crippen molar-refractivity contribution in [3.8, 4) is 5.75 Å². The molecule has 5 rings (SSSR count). The first-order valence-electron chi connectivity index (χ1n) is 9.61. The lowest BCUT2D eigenvalue weighted by Gasteiger charge is -2.30. The van der Waals surface area contributed by atoms with Gasteiger partial charge in [-0.3, -0.25) is 0 Å². The number of nitrogens with zero attached hydrogens (tertiary/aromatic N) is 5. The maximum Gasteiger partial charge on any atom is 0.192 e. The first-order chi connectivity index (χ1) is 14.5. The lowest BCUT2D eigenvalue weighted by atomic mass is 9.94. The molecule has 0 fully saturated rings. The molecule has 0 N–H and O–H groups in total. The summed E-state index contributed by atoms with van der Waals surface area (Å²) >= 11 is 1.66. The summed E-state index contributed by atoms with van der Waals surface area (Å²) in [6.45, 7) is 4.98. The van der Waals surface area contributed by atoms with E-state index in [4.69, 9.17) is 19.3 Å². The molecule has 0 aliphatic carbocycles. The molecule has 0 unspecified atom stereocenters. The van der Waals surface area contributed by atoms with E-state index in [0.29, 0.717) is 12.4 Å². The Hall–Kier alpha value is -3.04. The van der Waals surface area contributed by atoms with E-state index in [2.05, 4.69) is 29.1 Å². The van der Waals surface area contributed by atoms with Gasteiger partial charge >= 0.3 is 0 Å². The molecule has 0 spiro atoms. The Morgan fingerprint density at radius 2 is 2.20 bits per heavy atom. The Kier molecular flexibility index (Phi) is 4.63. The number of hydrogen-bond acceptors (Lipinski definition) is 8. The number of oxime groups is 1. The summed E-state index contributed by atoms with van der Waals surface area (Å²) in [7, 11) is 1.62. The fourth-order valence-electron chi connectivity index (χ4n) is 3.61. The van der Waals surface area contributed by atoms with Crippen molar-refractivity contribution in [3.05, 3.63) is 52.4 Å². The molecule has 0 atom stereocenters. The number of para-hydroxylation sites is 1. The van der Waals surface area contributed by atoms with Gasteiger partial charge in [-0.05, 0) is 31.5 Å². The zero-order chi connectivity index (χ0) is 20.7. The van der Waals surface area contributed by atoms with Crippen LogP contribution < -0.4 is 4.74 Å². The van der Waals surface area contributed by atoms with Crippen LogP contribution in [0.25, 0.3) is 15.9 Å². The third kappa shape index (κ3) is 3.40. The van der Waals surface area contributed by atoms with Gasteiger partial charge in [0.1, 0.15) is 16.9 Å². The van der Waals surface area contributed by atoms with Gasteiger partial charge in [-0.15, -0.1) is 16.4 Å². The van der Waals surface area contributed by atoms with E-state index in [-0.39, 0.29) is 12.2 Å². The molecule has 154 valence electrons. The van der Waals surface area contributed by atoms with Crippen LogP contribution in [-0.2, 0) is 29.2 Å². The van der Waals surface area contributed by atoms with Crippen LogP contribution in [0.3, 0.4) is 0 Å². The molecule has 0 saturated carbocycles. The summed E-state index contributed by atoms with van der Waals surface area (Å²) < 4.78 is 13.0. The normalized spacial score (nSPS) is 15.7. The highest BCUT2D eigenvalue weighted by Crippen LogP contribution is 2.39. The third-order valence-electron chi connectivity index (χ3n) is 5.05. The molecule has 1 aliphatic rings. The molecule has 4 heterocycles. The predicted octanol–water partition coefficient (Wildman–Crippen LogP) is 3.75. The number of hydrogen-bond donors (Lipinski definition) is 0. The van der Waals surface area contributed by atoms with Crippen molar-refractivity contribution >= 4 is 33.4 Å². The van der Waals surface area contributed by atoms with E-state index in [1.165, 1.54) is 10.4 Å². The van der Waals surface area contributed by atoms with Crippen LogP contribution in [0.15, 0.2) is 35.7 Å². The van der Waals surface area contributed by atoms with Crippen LogP contribution in [0.1, 0.15) is 35.7 Å². The standard InChI is InChI=1S/C21H21N5O3S/c1-21(2)8-14-16(10-28-21)30-20-18(14)19-24-17(25-26(19)12-22-20)11-29-23-9-13-6-4-5-7-15(13)27-3/h4-7,9,12H,8,10-11H2,1-3H3. The predicted molar refractivity (Wildman–Crippen MR) is 114 cm³/mol. The van der Waals surface area contributed by atoms with Crippen LogP contribution in [0, 0.1) is 0 Å². The Bertz CT molecular complexity index is 1260. The van der Waals surface area contributed by atoms with Crippen LogP contribution in [-0.4, -0.2) is 38.5 Å². The second kappa shape index (κ2) is 7.33. The molecular weight excluding hydrogens is 402 g/mol. The lowest BCUT2D eigenvalue weighted by Crippen LogP contribution is -2.31. The molecule has 8 nitrogen and oxygen atoms in total. The second-order valence-electron chi connectivity index (χ2n) is 7.70. The fourth-order valence-corrected chi connectivity index (χ4v) is 4.67. The quantitative estimate of drug-likeness (QED) is 0.359. The minimum Gasteiger partial charge on any atom is -0.496 e. The number of fused-ring (bicyclic) bond motifs is 5. The number of aromatic nitrogens is 4. The molecule has 4 aromatic rings. The van der Waals surface area contributed by atoms with Crippen LogP contribution in [0.2, 0.25) is 0 Å². The average molecular weight is 423 g/mol. The first-order valence-corrected chi connectivity index (χ1v) is 10.4. The van der Waals surface area contributed by atoms with Gasteiger partial charge in [0.15, 0.2) is 18.1 Å². The van der Waals surface area contributed by atoms with E-state index in [1.807, 2.05) is 24.3 Å². The van der Waals surface area contributed by atoms with Gasteiger partial charge in [-0.25, -0.2) is 14.5 Å². The number of ether oxygens (including phenoxy) is 2. The fraction of sp³-hybridized carbons (Fsp3) is 0.333. The van der Waals surface area contributed by atoms with Crippen LogP contribution >= 0.6 is 11.3 Å². The summed E-state index contributed by atoms with van der Waals surface area (Å²) in [5.74, 6) is 1.28. The van der Waals surface area contributed by atoms with Crippen LogP contribution in [0.4, 0.5) is 0 Å². The van der Waals surface area contributed by atoms with E-state index in [9.17, 15) is 0 Å². The van der Waals surface area contributed by atoms with Gasteiger partial charge in [-0.1, -0.05) is 17.3 Å². The molecular formula is C21H21N5O3S. The van der Waals surface area contributed by atoms with Crippen molar-refractivity contribution in [2.45, 2.75) is 39.1 Å². The minimum absolute atomic E-state index is 0.162. The summed E-state index contributed by atoms with van der Waals surface area (Å²) in [5, 5.41) is 9.59. The molecule has 30 heavy (non-hydrogen) atoms. The number of methoxy groups -OCH3 is 1. The third-order valence-corrected chi connectivity index (χ3v) is 6.16. The second-order valence-corrected chi connectivity index (χ2v) is 8.78. The molecule has 9 heteroatoms. The number of benzene rings is 1. The molecule has 1 aliphatic heterocycles. The van der Waals surface area contributed by atoms with E-state index in [1.54, 1.807) is 35.5 Å². The van der Waals surface area contributed by atoms with E-state index >= 15 is 0 Å². The molecule has 1 aromatic carbocycles. The van der Waals surface area contributed by atoms with Gasteiger partial charge in [0.2, 0.25) is 0 Å². The Morgan fingerprint density at radius 1 is 1.33 bits per heavy atom. The molecule has 3 aromatic heterocycles. The van der Waals surface area contributed by atoms with Crippen molar-refractivity contribution in [1.82, 2.24) is 19.6 Å².